The number of aromatic nitrogens is 1. The minimum Gasteiger partial charge on any atom is -0.440 e. The van der Waals surface area contributed by atoms with E-state index in [0.717, 1.165) is 42.1 Å². The molecule has 4 nitrogen and oxygen atoms in total. The number of rotatable bonds is 2. The molecule has 1 aromatic heterocycles. The Hall–Kier alpha value is -1.39. The number of hydrogen-bond donors (Lipinski definition) is 2. The number of nitrogens with zero attached hydrogens (tertiary/aromatic N) is 1. The molecular formula is C13H17N3O. The third kappa shape index (κ3) is 2.06. The second kappa shape index (κ2) is 4.47. The number of nitrogens with one attached hydrogen (secondary N) is 1. The van der Waals surface area contributed by atoms with Crippen molar-refractivity contribution in [2.75, 3.05) is 13.1 Å². The summed E-state index contributed by atoms with van der Waals surface area (Å²) >= 11 is 0. The third-order valence-corrected chi connectivity index (χ3v) is 3.35. The van der Waals surface area contributed by atoms with Gasteiger partial charge in [-0.05, 0) is 37.1 Å². The molecule has 0 radical (unpaired) electrons. The standard InChI is InChI=1S/C13H17N3O/c14-7-9-3-4-12-11(6-9)16-13(17-12)10-2-1-5-15-8-10/h3-4,6,10,15H,1-2,5,7-8,14H2. The summed E-state index contributed by atoms with van der Waals surface area (Å²) in [6, 6.07) is 5.97. The highest BCUT2D eigenvalue weighted by atomic mass is 16.3. The summed E-state index contributed by atoms with van der Waals surface area (Å²) in [5.41, 5.74) is 8.51. The number of oxazole rings is 1. The first-order chi connectivity index (χ1) is 8.36. The Morgan fingerprint density at radius 1 is 1.47 bits per heavy atom. The monoisotopic (exact) mass is 231 g/mol. The van der Waals surface area contributed by atoms with Crippen molar-refractivity contribution in [2.45, 2.75) is 25.3 Å². The predicted octanol–water partition coefficient (Wildman–Crippen LogP) is 1.75. The molecule has 1 aliphatic rings. The molecule has 0 bridgehead atoms. The lowest BCUT2D eigenvalue weighted by Crippen LogP contribution is -2.28. The van der Waals surface area contributed by atoms with E-state index in [1.165, 1.54) is 6.42 Å². The summed E-state index contributed by atoms with van der Waals surface area (Å²) in [6.45, 7) is 2.62. The van der Waals surface area contributed by atoms with Gasteiger partial charge in [-0.3, -0.25) is 0 Å². The topological polar surface area (TPSA) is 64.1 Å². The molecule has 1 saturated heterocycles. The van der Waals surface area contributed by atoms with Gasteiger partial charge >= 0.3 is 0 Å². The van der Waals surface area contributed by atoms with E-state index in [1.54, 1.807) is 0 Å². The van der Waals surface area contributed by atoms with Crippen molar-refractivity contribution in [2.24, 2.45) is 5.73 Å². The fraction of sp³-hybridized carbons (Fsp3) is 0.462. The number of nitrogens with two attached hydrogens (primary N) is 1. The van der Waals surface area contributed by atoms with Crippen LogP contribution in [0.3, 0.4) is 0 Å². The summed E-state index contributed by atoms with van der Waals surface area (Å²) in [6.07, 6.45) is 2.35. The van der Waals surface area contributed by atoms with Crippen LogP contribution < -0.4 is 11.1 Å². The van der Waals surface area contributed by atoms with Crippen LogP contribution in [0.15, 0.2) is 22.6 Å². The highest BCUT2D eigenvalue weighted by Crippen LogP contribution is 2.26. The first-order valence-corrected chi connectivity index (χ1v) is 6.17. The van der Waals surface area contributed by atoms with Crippen LogP contribution in [0, 0.1) is 0 Å². The van der Waals surface area contributed by atoms with E-state index >= 15 is 0 Å². The first-order valence-electron chi connectivity index (χ1n) is 6.17. The van der Waals surface area contributed by atoms with Gasteiger partial charge in [0.15, 0.2) is 11.5 Å². The van der Waals surface area contributed by atoms with Crippen molar-refractivity contribution in [3.63, 3.8) is 0 Å². The maximum absolute atomic E-state index is 5.82. The molecule has 1 atom stereocenters. The number of hydrogen-bond acceptors (Lipinski definition) is 4. The summed E-state index contributed by atoms with van der Waals surface area (Å²) < 4.78 is 5.82. The van der Waals surface area contributed by atoms with E-state index in [2.05, 4.69) is 10.3 Å². The van der Waals surface area contributed by atoms with Gasteiger partial charge in [-0.2, -0.15) is 0 Å². The quantitative estimate of drug-likeness (QED) is 0.826. The third-order valence-electron chi connectivity index (χ3n) is 3.35. The zero-order valence-electron chi connectivity index (χ0n) is 9.78. The van der Waals surface area contributed by atoms with Crippen molar-refractivity contribution in [1.29, 1.82) is 0 Å². The van der Waals surface area contributed by atoms with Crippen LogP contribution in [-0.4, -0.2) is 18.1 Å². The van der Waals surface area contributed by atoms with Gasteiger partial charge in [0.2, 0.25) is 0 Å². The van der Waals surface area contributed by atoms with Gasteiger partial charge in [0, 0.05) is 19.0 Å². The average molecular weight is 231 g/mol. The minimum absolute atomic E-state index is 0.414. The van der Waals surface area contributed by atoms with Gasteiger partial charge in [0.05, 0.1) is 0 Å². The smallest absolute Gasteiger partial charge is 0.199 e. The van der Waals surface area contributed by atoms with Crippen molar-refractivity contribution in [3.05, 3.63) is 29.7 Å². The molecule has 1 unspecified atom stereocenters. The molecule has 0 aliphatic carbocycles. The van der Waals surface area contributed by atoms with Crippen LogP contribution >= 0.6 is 0 Å². The number of benzene rings is 1. The van der Waals surface area contributed by atoms with Gasteiger partial charge in [-0.1, -0.05) is 6.07 Å². The molecular weight excluding hydrogens is 214 g/mol. The summed E-state index contributed by atoms with van der Waals surface area (Å²) in [5, 5.41) is 3.38. The minimum atomic E-state index is 0.414. The molecule has 0 amide bonds. The molecule has 1 aliphatic heterocycles. The molecule has 17 heavy (non-hydrogen) atoms. The molecule has 90 valence electrons. The SMILES string of the molecule is NCc1ccc2oc(C3CCCNC3)nc2c1. The highest BCUT2D eigenvalue weighted by molar-refractivity contribution is 5.73. The normalized spacial score (nSPS) is 20.9. The Kier molecular flexibility index (Phi) is 2.82. The lowest BCUT2D eigenvalue weighted by Gasteiger charge is -2.19. The van der Waals surface area contributed by atoms with Crippen LogP contribution in [0.1, 0.15) is 30.2 Å². The molecule has 3 rings (SSSR count). The summed E-state index contributed by atoms with van der Waals surface area (Å²) in [4.78, 5) is 4.58. The molecule has 1 fully saturated rings. The Morgan fingerprint density at radius 2 is 2.41 bits per heavy atom. The maximum Gasteiger partial charge on any atom is 0.199 e. The van der Waals surface area contributed by atoms with Crippen LogP contribution in [0.4, 0.5) is 0 Å². The second-order valence-corrected chi connectivity index (χ2v) is 4.60. The molecule has 1 aromatic carbocycles. The molecule has 0 spiro atoms. The van der Waals surface area contributed by atoms with Gasteiger partial charge in [0.1, 0.15) is 5.52 Å². The van der Waals surface area contributed by atoms with Gasteiger partial charge in [-0.25, -0.2) is 4.98 Å². The lowest BCUT2D eigenvalue weighted by atomic mass is 10.00. The van der Waals surface area contributed by atoms with Crippen molar-refractivity contribution < 1.29 is 4.42 Å². The van der Waals surface area contributed by atoms with Crippen molar-refractivity contribution in [1.82, 2.24) is 10.3 Å². The number of piperidine rings is 1. The van der Waals surface area contributed by atoms with Crippen LogP contribution in [0.2, 0.25) is 0 Å². The van der Waals surface area contributed by atoms with Crippen molar-refractivity contribution in [3.8, 4) is 0 Å². The predicted molar refractivity (Wildman–Crippen MR) is 66.7 cm³/mol. The summed E-state index contributed by atoms with van der Waals surface area (Å²) in [5.74, 6) is 1.28. The van der Waals surface area contributed by atoms with E-state index in [1.807, 2.05) is 18.2 Å². The molecule has 2 aromatic rings. The fourth-order valence-electron chi connectivity index (χ4n) is 2.36. The summed E-state index contributed by atoms with van der Waals surface area (Å²) in [7, 11) is 0. The van der Waals surface area contributed by atoms with E-state index in [0.29, 0.717) is 12.5 Å². The van der Waals surface area contributed by atoms with Crippen LogP contribution in [0.25, 0.3) is 11.1 Å². The Morgan fingerprint density at radius 3 is 3.18 bits per heavy atom. The van der Waals surface area contributed by atoms with Gasteiger partial charge in [0.25, 0.3) is 0 Å². The van der Waals surface area contributed by atoms with Crippen molar-refractivity contribution >= 4 is 11.1 Å². The van der Waals surface area contributed by atoms with Gasteiger partial charge in [-0.15, -0.1) is 0 Å². The van der Waals surface area contributed by atoms with E-state index in [9.17, 15) is 0 Å². The number of fused-ring (bicyclic) bond motifs is 1. The Labute approximate surface area is 100 Å². The maximum atomic E-state index is 5.82. The Bertz CT molecular complexity index is 514. The Balaban J connectivity index is 1.95. The van der Waals surface area contributed by atoms with E-state index in [-0.39, 0.29) is 0 Å². The molecule has 4 heteroatoms. The fourth-order valence-corrected chi connectivity index (χ4v) is 2.36. The second-order valence-electron chi connectivity index (χ2n) is 4.60. The molecule has 2 heterocycles. The van der Waals surface area contributed by atoms with E-state index in [4.69, 9.17) is 10.2 Å². The largest absolute Gasteiger partial charge is 0.440 e. The zero-order valence-corrected chi connectivity index (χ0v) is 9.78. The van der Waals surface area contributed by atoms with Gasteiger partial charge < -0.3 is 15.5 Å². The van der Waals surface area contributed by atoms with Crippen LogP contribution in [-0.2, 0) is 6.54 Å². The lowest BCUT2D eigenvalue weighted by molar-refractivity contribution is 0.387. The van der Waals surface area contributed by atoms with E-state index < -0.39 is 0 Å². The molecule has 3 N–H and O–H groups in total. The average Bonchev–Trinajstić information content (AvgIpc) is 2.82. The highest BCUT2D eigenvalue weighted by Gasteiger charge is 2.20. The molecule has 0 saturated carbocycles. The zero-order chi connectivity index (χ0) is 11.7. The van der Waals surface area contributed by atoms with Crippen LogP contribution in [0.5, 0.6) is 0 Å². The first kappa shape index (κ1) is 10.7.